The lowest BCUT2D eigenvalue weighted by Gasteiger charge is -2.31. The van der Waals surface area contributed by atoms with Crippen molar-refractivity contribution in [1.29, 1.82) is 0 Å². The van der Waals surface area contributed by atoms with Crippen LogP contribution in [0.4, 0.5) is 0 Å². The van der Waals surface area contributed by atoms with E-state index in [-0.39, 0.29) is 12.5 Å². The summed E-state index contributed by atoms with van der Waals surface area (Å²) in [7, 11) is 0. The van der Waals surface area contributed by atoms with Crippen molar-refractivity contribution in [2.75, 3.05) is 13.1 Å². The minimum Gasteiger partial charge on any atom is -0.481 e. The van der Waals surface area contributed by atoms with Crippen LogP contribution in [0.5, 0.6) is 0 Å². The predicted octanol–water partition coefficient (Wildman–Crippen LogP) is 1.51. The van der Waals surface area contributed by atoms with E-state index in [0.29, 0.717) is 18.5 Å². The number of carboxylic acids is 1. The highest BCUT2D eigenvalue weighted by atomic mass is 16.4. The maximum absolute atomic E-state index is 12.7. The van der Waals surface area contributed by atoms with Gasteiger partial charge in [0.25, 0.3) is 5.91 Å². The van der Waals surface area contributed by atoms with Crippen LogP contribution in [0.1, 0.15) is 28.8 Å². The Morgan fingerprint density at radius 1 is 1.35 bits per heavy atom. The van der Waals surface area contributed by atoms with Crippen LogP contribution in [-0.4, -0.2) is 49.7 Å². The molecule has 0 saturated carbocycles. The van der Waals surface area contributed by atoms with Gasteiger partial charge in [-0.2, -0.15) is 5.10 Å². The molecule has 23 heavy (non-hydrogen) atoms. The quantitative estimate of drug-likeness (QED) is 0.928. The van der Waals surface area contributed by atoms with E-state index in [4.69, 9.17) is 5.11 Å². The highest BCUT2D eigenvalue weighted by molar-refractivity contribution is 5.96. The van der Waals surface area contributed by atoms with Crippen LogP contribution in [0.3, 0.4) is 0 Å². The first-order valence-electron chi connectivity index (χ1n) is 7.54. The first kappa shape index (κ1) is 15.2. The second-order valence-corrected chi connectivity index (χ2v) is 5.77. The van der Waals surface area contributed by atoms with Crippen molar-refractivity contribution in [3.63, 3.8) is 0 Å². The number of aryl methyl sites for hydroxylation is 1. The van der Waals surface area contributed by atoms with E-state index >= 15 is 0 Å². The summed E-state index contributed by atoms with van der Waals surface area (Å²) in [5.41, 5.74) is 2.26. The van der Waals surface area contributed by atoms with Crippen molar-refractivity contribution in [2.45, 2.75) is 19.8 Å². The molecule has 1 amide bonds. The van der Waals surface area contributed by atoms with Crippen LogP contribution in [0.15, 0.2) is 30.9 Å². The Kier molecular flexibility index (Phi) is 4.10. The summed E-state index contributed by atoms with van der Waals surface area (Å²) in [6.07, 6.45) is 4.40. The number of carbonyl (C=O) groups is 2. The first-order chi connectivity index (χ1) is 11.1. The Morgan fingerprint density at radius 3 is 2.83 bits per heavy atom. The van der Waals surface area contributed by atoms with E-state index in [1.807, 2.05) is 19.1 Å². The minimum absolute atomic E-state index is 0.112. The van der Waals surface area contributed by atoms with Crippen molar-refractivity contribution < 1.29 is 14.7 Å². The maximum Gasteiger partial charge on any atom is 0.308 e. The molecule has 7 nitrogen and oxygen atoms in total. The molecule has 1 aliphatic rings. The van der Waals surface area contributed by atoms with Crippen LogP contribution in [0.25, 0.3) is 5.69 Å². The third-order valence-corrected chi connectivity index (χ3v) is 4.18. The SMILES string of the molecule is Cc1cc(-n2cncn2)ccc1C(=O)N1CCC[C@H](C(=O)O)C1. The van der Waals surface area contributed by atoms with Gasteiger partial charge < -0.3 is 10.0 Å². The molecule has 0 bridgehead atoms. The van der Waals surface area contributed by atoms with Crippen molar-refractivity contribution in [3.8, 4) is 5.69 Å². The summed E-state index contributed by atoms with van der Waals surface area (Å²) in [4.78, 5) is 29.4. The molecule has 0 aliphatic carbocycles. The van der Waals surface area contributed by atoms with E-state index in [0.717, 1.165) is 17.7 Å². The van der Waals surface area contributed by atoms with E-state index in [1.165, 1.54) is 6.33 Å². The molecule has 1 atom stereocenters. The lowest BCUT2D eigenvalue weighted by atomic mass is 9.97. The summed E-state index contributed by atoms with van der Waals surface area (Å²) in [6.45, 7) is 2.75. The van der Waals surface area contributed by atoms with Crippen molar-refractivity contribution >= 4 is 11.9 Å². The van der Waals surface area contributed by atoms with E-state index in [2.05, 4.69) is 10.1 Å². The van der Waals surface area contributed by atoms with Gasteiger partial charge in [0.15, 0.2) is 0 Å². The molecule has 1 saturated heterocycles. The van der Waals surface area contributed by atoms with Gasteiger partial charge in [-0.1, -0.05) is 0 Å². The lowest BCUT2D eigenvalue weighted by Crippen LogP contribution is -2.42. The van der Waals surface area contributed by atoms with Crippen LogP contribution in [0, 0.1) is 12.8 Å². The molecule has 1 fully saturated rings. The number of likely N-dealkylation sites (tertiary alicyclic amines) is 1. The van der Waals surface area contributed by atoms with Crippen LogP contribution >= 0.6 is 0 Å². The molecule has 1 aromatic carbocycles. The molecule has 0 radical (unpaired) electrons. The number of amides is 1. The fraction of sp³-hybridized carbons (Fsp3) is 0.375. The lowest BCUT2D eigenvalue weighted by molar-refractivity contribution is -0.143. The molecule has 1 N–H and O–H groups in total. The van der Waals surface area contributed by atoms with Crippen molar-refractivity contribution in [3.05, 3.63) is 42.0 Å². The van der Waals surface area contributed by atoms with E-state index in [1.54, 1.807) is 22.0 Å². The third-order valence-electron chi connectivity index (χ3n) is 4.18. The van der Waals surface area contributed by atoms with Crippen molar-refractivity contribution in [2.24, 2.45) is 5.92 Å². The Hall–Kier alpha value is -2.70. The van der Waals surface area contributed by atoms with Crippen LogP contribution < -0.4 is 0 Å². The molecule has 3 rings (SSSR count). The van der Waals surface area contributed by atoms with Crippen LogP contribution in [0.2, 0.25) is 0 Å². The smallest absolute Gasteiger partial charge is 0.308 e. The zero-order valence-electron chi connectivity index (χ0n) is 12.8. The fourth-order valence-electron chi connectivity index (χ4n) is 2.91. The molecule has 0 spiro atoms. The average molecular weight is 314 g/mol. The minimum atomic E-state index is -0.833. The highest BCUT2D eigenvalue weighted by Gasteiger charge is 2.29. The summed E-state index contributed by atoms with van der Waals surface area (Å²) in [5.74, 6) is -1.42. The second kappa shape index (κ2) is 6.20. The van der Waals surface area contributed by atoms with Gasteiger partial charge in [-0.15, -0.1) is 0 Å². The predicted molar refractivity (Wildman–Crippen MR) is 82.4 cm³/mol. The Bertz CT molecular complexity index is 727. The normalized spacial score (nSPS) is 18.0. The van der Waals surface area contributed by atoms with Crippen LogP contribution in [-0.2, 0) is 4.79 Å². The van der Waals surface area contributed by atoms with Gasteiger partial charge in [-0.05, 0) is 43.5 Å². The summed E-state index contributed by atoms with van der Waals surface area (Å²) in [5, 5.41) is 13.2. The maximum atomic E-state index is 12.7. The standard InChI is InChI=1S/C16H18N4O3/c1-11-7-13(20-10-17-9-18-20)4-5-14(11)15(21)19-6-2-3-12(8-19)16(22)23/h4-5,7,9-10,12H,2-3,6,8H2,1H3,(H,22,23)/t12-/m0/s1. The largest absolute Gasteiger partial charge is 0.481 e. The number of aromatic nitrogens is 3. The summed E-state index contributed by atoms with van der Waals surface area (Å²) < 4.78 is 1.63. The number of benzene rings is 1. The van der Waals surface area contributed by atoms with Gasteiger partial charge in [0, 0.05) is 18.7 Å². The topological polar surface area (TPSA) is 88.3 Å². The molecule has 2 heterocycles. The average Bonchev–Trinajstić information content (AvgIpc) is 3.08. The molecule has 0 unspecified atom stereocenters. The Labute approximate surface area is 133 Å². The molecule has 120 valence electrons. The zero-order valence-corrected chi connectivity index (χ0v) is 12.8. The highest BCUT2D eigenvalue weighted by Crippen LogP contribution is 2.21. The number of carboxylic acid groups (broad SMARTS) is 1. The number of aliphatic carboxylic acids is 1. The number of hydrogen-bond acceptors (Lipinski definition) is 4. The molecule has 7 heteroatoms. The first-order valence-corrected chi connectivity index (χ1v) is 7.54. The summed E-state index contributed by atoms with van der Waals surface area (Å²) >= 11 is 0. The van der Waals surface area contributed by atoms with Gasteiger partial charge in [-0.25, -0.2) is 9.67 Å². The van der Waals surface area contributed by atoms with Gasteiger partial charge in [0.05, 0.1) is 11.6 Å². The van der Waals surface area contributed by atoms with Crippen molar-refractivity contribution in [1.82, 2.24) is 19.7 Å². The van der Waals surface area contributed by atoms with Gasteiger partial charge in [0.2, 0.25) is 0 Å². The summed E-state index contributed by atoms with van der Waals surface area (Å²) in [6, 6.07) is 5.45. The fourth-order valence-corrected chi connectivity index (χ4v) is 2.91. The zero-order chi connectivity index (χ0) is 16.4. The van der Waals surface area contributed by atoms with Gasteiger partial charge in [0.1, 0.15) is 12.7 Å². The molecular weight excluding hydrogens is 296 g/mol. The number of nitrogens with zero attached hydrogens (tertiary/aromatic N) is 4. The van der Waals surface area contributed by atoms with E-state index in [9.17, 15) is 9.59 Å². The molecule has 2 aromatic rings. The van der Waals surface area contributed by atoms with Gasteiger partial charge >= 0.3 is 5.97 Å². The monoisotopic (exact) mass is 314 g/mol. The Morgan fingerprint density at radius 2 is 2.17 bits per heavy atom. The van der Waals surface area contributed by atoms with Gasteiger partial charge in [-0.3, -0.25) is 9.59 Å². The number of carbonyl (C=O) groups excluding carboxylic acids is 1. The molecule has 1 aromatic heterocycles. The number of hydrogen-bond donors (Lipinski definition) is 1. The Balaban J connectivity index is 1.81. The number of piperidine rings is 1. The second-order valence-electron chi connectivity index (χ2n) is 5.77. The molecular formula is C16H18N4O3. The van der Waals surface area contributed by atoms with E-state index < -0.39 is 11.9 Å². The number of rotatable bonds is 3. The molecule has 1 aliphatic heterocycles. The third kappa shape index (κ3) is 3.08.